The highest BCUT2D eigenvalue weighted by molar-refractivity contribution is 7.26. The molecule has 20 rings (SSSR count). The molecular weight excluding hydrogens is 1280 g/mol. The van der Waals surface area contributed by atoms with E-state index in [0.717, 1.165) is 67.1 Å². The molecule has 0 aliphatic heterocycles. The summed E-state index contributed by atoms with van der Waals surface area (Å²) in [6.45, 7) is 4.76. The van der Waals surface area contributed by atoms with Crippen LogP contribution in [-0.4, -0.2) is 0 Å². The van der Waals surface area contributed by atoms with E-state index in [2.05, 4.69) is 400 Å². The van der Waals surface area contributed by atoms with Gasteiger partial charge < -0.3 is 14.2 Å². The highest BCUT2D eigenvalue weighted by atomic mass is 32.1. The molecule has 18 aromatic rings. The number of anilines is 6. The van der Waals surface area contributed by atoms with Crippen molar-refractivity contribution in [2.75, 3.05) is 9.80 Å². The maximum Gasteiger partial charge on any atom is 0.143 e. The summed E-state index contributed by atoms with van der Waals surface area (Å²) < 4.78 is 9.66. The average molecular weight is 1350 g/mol. The van der Waals surface area contributed by atoms with Gasteiger partial charge in [-0.05, 0) is 179 Å². The van der Waals surface area contributed by atoms with Crippen LogP contribution in [-0.2, 0) is 10.8 Å². The van der Waals surface area contributed by atoms with Crippen LogP contribution in [0, 0.1) is 0 Å². The summed E-state index contributed by atoms with van der Waals surface area (Å²) in [5.74, 6) is 0. The van der Waals surface area contributed by atoms with Gasteiger partial charge in [-0.3, -0.25) is 0 Å². The van der Waals surface area contributed by atoms with Gasteiger partial charge in [0.15, 0.2) is 0 Å². The van der Waals surface area contributed by atoms with Gasteiger partial charge in [-0.2, -0.15) is 0 Å². The Kier molecular flexibility index (Phi) is 14.4. The molecule has 3 nitrogen and oxygen atoms in total. The lowest BCUT2D eigenvalue weighted by molar-refractivity contribution is 0.661. The van der Waals surface area contributed by atoms with E-state index in [-0.39, 0.29) is 5.41 Å². The summed E-state index contributed by atoms with van der Waals surface area (Å²) >= 11 is 1.87. The second-order valence-corrected chi connectivity index (χ2v) is 29.2. The first-order chi connectivity index (χ1) is 51.3. The predicted octanol–water partition coefficient (Wildman–Crippen LogP) is 27.9. The van der Waals surface area contributed by atoms with E-state index in [4.69, 9.17) is 4.42 Å². The molecule has 104 heavy (non-hydrogen) atoms. The van der Waals surface area contributed by atoms with E-state index >= 15 is 0 Å². The van der Waals surface area contributed by atoms with Crippen molar-refractivity contribution in [3.63, 3.8) is 0 Å². The SMILES string of the molecule is CC1(C)c2ccccc2-c2cccc(N(c3ccc(-c4ccccc4)cc3)c3ccc(-c4cccc5c4sc4cccc(-c6ccc7c(c6)oc6c(-c8ccc(N(c9ccc(-c%10ccccc%10)cc9)c9cccc%10c9-c9ccccc9C%10(c9ccccc9)c9ccccc9)cc8)cccc67)c45)cc3)c21. The van der Waals surface area contributed by atoms with E-state index in [9.17, 15) is 0 Å². The van der Waals surface area contributed by atoms with E-state index in [0.29, 0.717) is 0 Å². The van der Waals surface area contributed by atoms with Crippen LogP contribution in [0.1, 0.15) is 47.2 Å². The molecule has 0 bridgehead atoms. The molecule has 0 saturated heterocycles. The second kappa shape index (κ2) is 24.5. The average Bonchev–Trinajstić information content (AvgIpc) is 1.52. The van der Waals surface area contributed by atoms with Crippen molar-refractivity contribution in [3.05, 3.63) is 409 Å². The van der Waals surface area contributed by atoms with Gasteiger partial charge in [0.25, 0.3) is 0 Å². The van der Waals surface area contributed by atoms with Gasteiger partial charge >= 0.3 is 0 Å². The van der Waals surface area contributed by atoms with Gasteiger partial charge in [0.1, 0.15) is 11.2 Å². The number of fused-ring (bicyclic) bond motifs is 12. The van der Waals surface area contributed by atoms with Crippen LogP contribution in [0.15, 0.2) is 381 Å². The van der Waals surface area contributed by atoms with Crippen molar-refractivity contribution in [3.8, 4) is 77.9 Å². The molecule has 2 aliphatic rings. The summed E-state index contributed by atoms with van der Waals surface area (Å²) in [6, 6.07) is 139. The van der Waals surface area contributed by atoms with Crippen LogP contribution in [0.25, 0.3) is 120 Å². The van der Waals surface area contributed by atoms with Gasteiger partial charge in [-0.1, -0.05) is 311 Å². The third kappa shape index (κ3) is 9.63. The minimum Gasteiger partial charge on any atom is -0.455 e. The number of nitrogens with zero attached hydrogens (tertiary/aromatic N) is 2. The molecule has 0 radical (unpaired) electrons. The minimum absolute atomic E-state index is 0.206. The van der Waals surface area contributed by atoms with Crippen molar-refractivity contribution in [2.45, 2.75) is 24.7 Å². The normalized spacial score (nSPS) is 13.1. The molecule has 2 heterocycles. The molecule has 4 heteroatoms. The third-order valence-corrected chi connectivity index (χ3v) is 23.4. The number of benzene rings is 16. The summed E-state index contributed by atoms with van der Waals surface area (Å²) in [5.41, 5.74) is 32.0. The fourth-order valence-electron chi connectivity index (χ4n) is 17.5. The highest BCUT2D eigenvalue weighted by Crippen LogP contribution is 2.60. The van der Waals surface area contributed by atoms with Crippen molar-refractivity contribution < 1.29 is 4.42 Å². The fourth-order valence-corrected chi connectivity index (χ4v) is 18.7. The Labute approximate surface area is 609 Å². The Morgan fingerprint density at radius 3 is 1.35 bits per heavy atom. The fraction of sp³-hybridized carbons (Fsp3) is 0.0400. The van der Waals surface area contributed by atoms with E-state index < -0.39 is 5.41 Å². The zero-order valence-corrected chi connectivity index (χ0v) is 58.3. The summed E-state index contributed by atoms with van der Waals surface area (Å²) in [7, 11) is 0. The van der Waals surface area contributed by atoms with Crippen LogP contribution in [0.4, 0.5) is 34.1 Å². The van der Waals surface area contributed by atoms with Gasteiger partial charge in [0.05, 0.1) is 16.8 Å². The molecule has 0 spiro atoms. The monoisotopic (exact) mass is 1340 g/mol. The molecule has 16 aromatic carbocycles. The number of para-hydroxylation sites is 1. The highest BCUT2D eigenvalue weighted by Gasteiger charge is 2.47. The van der Waals surface area contributed by atoms with Gasteiger partial charge in [-0.25, -0.2) is 0 Å². The Morgan fingerprint density at radius 1 is 0.288 bits per heavy atom. The first-order valence-corrected chi connectivity index (χ1v) is 36.8. The zero-order chi connectivity index (χ0) is 69.0. The smallest absolute Gasteiger partial charge is 0.143 e. The van der Waals surface area contributed by atoms with Gasteiger partial charge in [-0.15, -0.1) is 11.3 Å². The first-order valence-electron chi connectivity index (χ1n) is 35.9. The minimum atomic E-state index is -0.547. The number of hydrogen-bond donors (Lipinski definition) is 0. The lowest BCUT2D eigenvalue weighted by Gasteiger charge is -2.34. The Balaban J connectivity index is 0.653. The lowest BCUT2D eigenvalue weighted by atomic mass is 9.68. The van der Waals surface area contributed by atoms with Gasteiger partial charge in [0.2, 0.25) is 0 Å². The van der Waals surface area contributed by atoms with Crippen molar-refractivity contribution >= 4 is 87.6 Å². The molecule has 0 amide bonds. The number of furan rings is 1. The first kappa shape index (κ1) is 61.0. The third-order valence-electron chi connectivity index (χ3n) is 22.2. The van der Waals surface area contributed by atoms with Crippen LogP contribution >= 0.6 is 11.3 Å². The summed E-state index contributed by atoms with van der Waals surface area (Å²) in [6.07, 6.45) is 0. The number of hydrogen-bond acceptors (Lipinski definition) is 4. The van der Waals surface area contributed by atoms with Crippen LogP contribution in [0.5, 0.6) is 0 Å². The van der Waals surface area contributed by atoms with E-state index in [1.807, 2.05) is 11.3 Å². The Hall–Kier alpha value is -12.9. The van der Waals surface area contributed by atoms with E-state index in [1.165, 1.54) is 120 Å². The van der Waals surface area contributed by atoms with Crippen molar-refractivity contribution in [2.24, 2.45) is 0 Å². The van der Waals surface area contributed by atoms with Gasteiger partial charge in [0, 0.05) is 70.2 Å². The molecule has 0 fully saturated rings. The molecular formula is C100H68N2OS. The number of rotatable bonds is 13. The molecule has 0 N–H and O–H groups in total. The van der Waals surface area contributed by atoms with Crippen molar-refractivity contribution in [1.82, 2.24) is 0 Å². The maximum absolute atomic E-state index is 7.14. The Bertz CT molecular complexity index is 6300. The van der Waals surface area contributed by atoms with Crippen LogP contribution < -0.4 is 9.80 Å². The molecule has 2 aliphatic carbocycles. The molecule has 0 saturated carbocycles. The zero-order valence-electron chi connectivity index (χ0n) is 57.5. The second-order valence-electron chi connectivity index (χ2n) is 28.1. The predicted molar refractivity (Wildman–Crippen MR) is 438 cm³/mol. The summed E-state index contributed by atoms with van der Waals surface area (Å²) in [5, 5.41) is 4.68. The molecule has 0 atom stereocenters. The molecule has 490 valence electrons. The van der Waals surface area contributed by atoms with E-state index in [1.54, 1.807) is 0 Å². The lowest BCUT2D eigenvalue weighted by Crippen LogP contribution is -2.28. The topological polar surface area (TPSA) is 19.6 Å². The van der Waals surface area contributed by atoms with Crippen LogP contribution in [0.2, 0.25) is 0 Å². The summed E-state index contributed by atoms with van der Waals surface area (Å²) in [4.78, 5) is 4.92. The maximum atomic E-state index is 7.14. The Morgan fingerprint density at radius 2 is 0.721 bits per heavy atom. The molecule has 0 unspecified atom stereocenters. The van der Waals surface area contributed by atoms with Crippen LogP contribution in [0.3, 0.4) is 0 Å². The largest absolute Gasteiger partial charge is 0.455 e. The standard InChI is InChI=1S/C100H68N2OS/c1-99(2)87-40-17-15-32-81(87)83-37-21-44-91(96(83)99)102(76-57-48-68(49-58-76)66-26-9-4-10-27-66)77-61-52-70(53-62-77)80-36-20-39-86-94-78(34-22-45-93(94)104-98(80)86)71-54-63-82-84-38-19-35-79(97(84)103-92(82)64-71)69-50-59-75(60-51-69)101(74-55-46-67(47-56-74)65-24-7-3-8-25-65)90-43-23-42-89-95(90)85-33-16-18-41-88(85)100(89,72-28-11-5-12-29-72)73-30-13-6-14-31-73/h3-64H,1-2H3. The molecule has 2 aromatic heterocycles. The quantitative estimate of drug-likeness (QED) is 0.115. The number of thiophene rings is 1. The van der Waals surface area contributed by atoms with Crippen molar-refractivity contribution in [1.29, 1.82) is 0 Å².